The molecule has 5 rings (SSSR count). The van der Waals surface area contributed by atoms with Crippen molar-refractivity contribution in [3.05, 3.63) is 68.3 Å². The van der Waals surface area contributed by atoms with E-state index in [2.05, 4.69) is 20.2 Å². The molecule has 4 aromatic rings. The van der Waals surface area contributed by atoms with Crippen LogP contribution in [0, 0.1) is 0 Å². The fourth-order valence-corrected chi connectivity index (χ4v) is 5.69. The first-order valence-corrected chi connectivity index (χ1v) is 14.0. The zero-order valence-electron chi connectivity index (χ0n) is 22.8. The first-order chi connectivity index (χ1) is 19.8. The highest BCUT2D eigenvalue weighted by atomic mass is 35.5. The predicted molar refractivity (Wildman–Crippen MR) is 159 cm³/mol. The van der Waals surface area contributed by atoms with E-state index in [-0.39, 0.29) is 30.4 Å². The molecule has 0 atom stereocenters. The number of carbonyl (C=O) groups is 1. The summed E-state index contributed by atoms with van der Waals surface area (Å²) in [6.07, 6.45) is 4.73. The van der Waals surface area contributed by atoms with Crippen LogP contribution in [0.1, 0.15) is 29.0 Å². The van der Waals surface area contributed by atoms with Gasteiger partial charge in [-0.3, -0.25) is 9.59 Å². The second-order valence-electron chi connectivity index (χ2n) is 9.80. The molecule has 1 saturated heterocycles. The van der Waals surface area contributed by atoms with Gasteiger partial charge in [0.15, 0.2) is 5.65 Å². The maximum atomic E-state index is 13.7. The zero-order chi connectivity index (χ0) is 29.1. The Balaban J connectivity index is 1.54. The van der Waals surface area contributed by atoms with Crippen LogP contribution in [0.2, 0.25) is 10.0 Å². The van der Waals surface area contributed by atoms with Crippen molar-refractivity contribution in [2.45, 2.75) is 19.3 Å². The molecule has 1 amide bonds. The van der Waals surface area contributed by atoms with Crippen LogP contribution in [0.4, 0.5) is 11.6 Å². The van der Waals surface area contributed by atoms with Crippen LogP contribution >= 0.6 is 23.2 Å². The van der Waals surface area contributed by atoms with E-state index in [9.17, 15) is 9.59 Å². The van der Waals surface area contributed by atoms with Crippen LogP contribution in [-0.4, -0.2) is 70.0 Å². The number of halogens is 2. The number of rotatable bonds is 11. The third kappa shape index (κ3) is 6.03. The molecule has 0 bridgehead atoms. The number of benzene rings is 1. The summed E-state index contributed by atoms with van der Waals surface area (Å²) in [6, 6.07) is 8.52. The minimum Gasteiger partial charge on any atom is -0.406 e. The van der Waals surface area contributed by atoms with Crippen molar-refractivity contribution in [1.29, 1.82) is 0 Å². The number of carbonyl (C=O) groups excluding carboxylic acids is 1. The molecule has 4 heterocycles. The molecule has 216 valence electrons. The summed E-state index contributed by atoms with van der Waals surface area (Å²) in [6.45, 7) is 3.39. The number of ether oxygens (including phenoxy) is 1. The van der Waals surface area contributed by atoms with Gasteiger partial charge in [0.1, 0.15) is 12.3 Å². The Morgan fingerprint density at radius 1 is 1.15 bits per heavy atom. The van der Waals surface area contributed by atoms with Crippen molar-refractivity contribution in [3.8, 4) is 11.1 Å². The standard InChI is InChI=1S/C28H31Cl2N7O4/c1-35-18(8-11-36-9-3-4-10-36)15-22(24(35)25(31)38)33-28-32-16-17-14-19(23-20(29)6-5-7-21(23)30)27(39)37(26(17)34-28)41-13-12-40-2/h5-7,14-16H,3-4,8-13H2,1-2H3,(H2,31,38)(H,32,33,34). The summed E-state index contributed by atoms with van der Waals surface area (Å²) < 4.78 is 7.97. The van der Waals surface area contributed by atoms with E-state index in [1.165, 1.54) is 20.0 Å². The maximum absolute atomic E-state index is 13.7. The molecule has 0 saturated carbocycles. The fraction of sp³-hybridized carbons (Fsp3) is 0.357. The van der Waals surface area contributed by atoms with Gasteiger partial charge in [0, 0.05) is 50.0 Å². The number of aromatic nitrogens is 4. The average molecular weight is 601 g/mol. The predicted octanol–water partition coefficient (Wildman–Crippen LogP) is 3.66. The first kappa shape index (κ1) is 28.9. The van der Waals surface area contributed by atoms with Crippen molar-refractivity contribution < 1.29 is 14.4 Å². The second-order valence-corrected chi connectivity index (χ2v) is 10.6. The van der Waals surface area contributed by atoms with Crippen LogP contribution < -0.4 is 21.4 Å². The van der Waals surface area contributed by atoms with Gasteiger partial charge in [-0.15, -0.1) is 4.73 Å². The molecule has 3 aromatic heterocycles. The van der Waals surface area contributed by atoms with E-state index < -0.39 is 11.5 Å². The monoisotopic (exact) mass is 599 g/mol. The summed E-state index contributed by atoms with van der Waals surface area (Å²) in [7, 11) is 3.35. The van der Waals surface area contributed by atoms with Gasteiger partial charge in [-0.05, 0) is 50.2 Å². The number of methoxy groups -OCH3 is 1. The highest BCUT2D eigenvalue weighted by molar-refractivity contribution is 6.39. The lowest BCUT2D eigenvalue weighted by Gasteiger charge is -2.15. The van der Waals surface area contributed by atoms with E-state index in [1.807, 2.05) is 13.1 Å². The molecule has 41 heavy (non-hydrogen) atoms. The van der Waals surface area contributed by atoms with Gasteiger partial charge in [0.05, 0.1) is 27.9 Å². The number of likely N-dealkylation sites (tertiary alicyclic amines) is 1. The summed E-state index contributed by atoms with van der Waals surface area (Å²) in [5, 5.41) is 4.27. The number of anilines is 2. The van der Waals surface area contributed by atoms with Gasteiger partial charge in [-0.2, -0.15) is 4.98 Å². The van der Waals surface area contributed by atoms with Gasteiger partial charge in [0.2, 0.25) is 5.95 Å². The van der Waals surface area contributed by atoms with Crippen LogP contribution in [0.5, 0.6) is 0 Å². The number of fused-ring (bicyclic) bond motifs is 1. The number of nitrogens with zero attached hydrogens (tertiary/aromatic N) is 5. The first-order valence-electron chi connectivity index (χ1n) is 13.3. The molecule has 1 aromatic carbocycles. The number of primary amides is 1. The van der Waals surface area contributed by atoms with Crippen molar-refractivity contribution >= 4 is 51.8 Å². The molecule has 11 nitrogen and oxygen atoms in total. The van der Waals surface area contributed by atoms with E-state index in [1.54, 1.807) is 35.0 Å². The molecule has 13 heteroatoms. The molecule has 0 spiro atoms. The normalized spacial score (nSPS) is 13.7. The van der Waals surface area contributed by atoms with E-state index in [0.717, 1.165) is 36.5 Å². The van der Waals surface area contributed by atoms with Crippen molar-refractivity contribution in [3.63, 3.8) is 0 Å². The lowest BCUT2D eigenvalue weighted by molar-refractivity contribution is 0.0584. The van der Waals surface area contributed by atoms with Gasteiger partial charge >= 0.3 is 0 Å². The van der Waals surface area contributed by atoms with E-state index >= 15 is 0 Å². The number of amides is 1. The molecular formula is C28H31Cl2N7O4. The third-order valence-electron chi connectivity index (χ3n) is 7.14. The molecule has 0 aliphatic carbocycles. The molecule has 3 N–H and O–H groups in total. The SMILES string of the molecule is COCCOn1c(=O)c(-c2c(Cl)cccc2Cl)cc2cnc(Nc3cc(CCN4CCCC4)n(C)c3C(N)=O)nc21. The van der Waals surface area contributed by atoms with Crippen molar-refractivity contribution in [2.75, 3.05) is 45.3 Å². The third-order valence-corrected chi connectivity index (χ3v) is 7.77. The topological polar surface area (TPSA) is 130 Å². The lowest BCUT2D eigenvalue weighted by Crippen LogP contribution is -2.31. The largest absolute Gasteiger partial charge is 0.406 e. The highest BCUT2D eigenvalue weighted by Gasteiger charge is 2.22. The average Bonchev–Trinajstić information content (AvgIpc) is 3.56. The molecule has 1 aliphatic heterocycles. The van der Waals surface area contributed by atoms with Gasteiger partial charge in [0.25, 0.3) is 11.5 Å². The van der Waals surface area contributed by atoms with Crippen LogP contribution in [-0.2, 0) is 18.2 Å². The Kier molecular flexibility index (Phi) is 8.79. The zero-order valence-corrected chi connectivity index (χ0v) is 24.3. The Morgan fingerprint density at radius 2 is 1.88 bits per heavy atom. The molecule has 1 fully saturated rings. The molecule has 0 radical (unpaired) electrons. The van der Waals surface area contributed by atoms with Gasteiger partial charge in [-0.25, -0.2) is 4.98 Å². The minimum atomic E-state index is -0.579. The van der Waals surface area contributed by atoms with Crippen molar-refractivity contribution in [1.82, 2.24) is 24.2 Å². The number of pyridine rings is 1. The quantitative estimate of drug-likeness (QED) is 0.250. The Labute approximate surface area is 246 Å². The van der Waals surface area contributed by atoms with Crippen molar-refractivity contribution in [2.24, 2.45) is 12.8 Å². The number of nitrogens with one attached hydrogen (secondary N) is 1. The molecule has 0 unspecified atom stereocenters. The summed E-state index contributed by atoms with van der Waals surface area (Å²) in [5.41, 5.74) is 7.81. The minimum absolute atomic E-state index is 0.0862. The van der Waals surface area contributed by atoms with Gasteiger partial charge < -0.3 is 30.1 Å². The fourth-order valence-electron chi connectivity index (χ4n) is 5.08. The highest BCUT2D eigenvalue weighted by Crippen LogP contribution is 2.34. The maximum Gasteiger partial charge on any atom is 0.293 e. The number of nitrogens with two attached hydrogens (primary N) is 1. The number of hydrogen-bond acceptors (Lipinski definition) is 8. The summed E-state index contributed by atoms with van der Waals surface area (Å²) in [4.78, 5) is 43.3. The smallest absolute Gasteiger partial charge is 0.293 e. The molecule has 1 aliphatic rings. The lowest BCUT2D eigenvalue weighted by atomic mass is 10.1. The van der Waals surface area contributed by atoms with E-state index in [0.29, 0.717) is 32.4 Å². The molecular weight excluding hydrogens is 569 g/mol. The number of hydrogen-bond donors (Lipinski definition) is 2. The second kappa shape index (κ2) is 12.5. The van der Waals surface area contributed by atoms with E-state index in [4.69, 9.17) is 38.5 Å². The Bertz CT molecular complexity index is 1630. The van der Waals surface area contributed by atoms with Crippen LogP contribution in [0.25, 0.3) is 22.2 Å². The van der Waals surface area contributed by atoms with Crippen LogP contribution in [0.3, 0.4) is 0 Å². The Morgan fingerprint density at radius 3 is 2.56 bits per heavy atom. The van der Waals surface area contributed by atoms with Gasteiger partial charge in [-0.1, -0.05) is 29.3 Å². The summed E-state index contributed by atoms with van der Waals surface area (Å²) in [5.74, 6) is -0.423. The Hall–Kier alpha value is -3.64. The van der Waals surface area contributed by atoms with Crippen LogP contribution in [0.15, 0.2) is 41.3 Å². The summed E-state index contributed by atoms with van der Waals surface area (Å²) >= 11 is 12.8.